The van der Waals surface area contributed by atoms with E-state index in [4.69, 9.17) is 4.84 Å². The number of benzene rings is 1. The number of hydrogen-bond acceptors (Lipinski definition) is 3. The molecule has 0 aliphatic rings. The van der Waals surface area contributed by atoms with Crippen LogP contribution in [0.15, 0.2) is 29.4 Å². The highest BCUT2D eigenvalue weighted by Crippen LogP contribution is 2.10. The Bertz CT molecular complexity index is 454. The molecule has 0 fully saturated rings. The highest BCUT2D eigenvalue weighted by molar-refractivity contribution is 5.97. The van der Waals surface area contributed by atoms with Crippen LogP contribution in [0.4, 0.5) is 0 Å². The number of para-hydroxylation sites is 2. The zero-order chi connectivity index (χ0) is 10.7. The second-order valence-corrected chi connectivity index (χ2v) is 3.20. The predicted octanol–water partition coefficient (Wildman–Crippen LogP) is 2.32. The molecule has 0 saturated carbocycles. The number of aromatic amines is 1. The summed E-state index contributed by atoms with van der Waals surface area (Å²) in [7, 11) is 0. The first-order valence-corrected chi connectivity index (χ1v) is 4.93. The number of rotatable bonds is 3. The number of imidazole rings is 1. The molecule has 0 bridgehead atoms. The summed E-state index contributed by atoms with van der Waals surface area (Å²) >= 11 is 0. The van der Waals surface area contributed by atoms with Gasteiger partial charge in [0.1, 0.15) is 12.3 Å². The summed E-state index contributed by atoms with van der Waals surface area (Å²) in [6.07, 6.45) is 0. The molecule has 0 atom stereocenters. The smallest absolute Gasteiger partial charge is 0.156 e. The van der Waals surface area contributed by atoms with Gasteiger partial charge in [0.2, 0.25) is 0 Å². The van der Waals surface area contributed by atoms with Gasteiger partial charge in [-0.2, -0.15) is 0 Å². The lowest BCUT2D eigenvalue weighted by atomic mass is 10.3. The monoisotopic (exact) mass is 203 g/mol. The van der Waals surface area contributed by atoms with Crippen molar-refractivity contribution in [3.05, 3.63) is 30.1 Å². The van der Waals surface area contributed by atoms with E-state index in [1.54, 1.807) is 0 Å². The topological polar surface area (TPSA) is 50.3 Å². The first kappa shape index (κ1) is 9.71. The van der Waals surface area contributed by atoms with E-state index >= 15 is 0 Å². The molecule has 0 spiro atoms. The molecule has 4 heteroatoms. The molecule has 2 aromatic rings. The first-order valence-electron chi connectivity index (χ1n) is 4.93. The van der Waals surface area contributed by atoms with Crippen LogP contribution in [-0.4, -0.2) is 22.3 Å². The second-order valence-electron chi connectivity index (χ2n) is 3.20. The number of nitrogens with zero attached hydrogens (tertiary/aromatic N) is 2. The predicted molar refractivity (Wildman–Crippen MR) is 59.9 cm³/mol. The van der Waals surface area contributed by atoms with Crippen molar-refractivity contribution in [1.82, 2.24) is 9.97 Å². The van der Waals surface area contributed by atoms with Crippen LogP contribution in [-0.2, 0) is 4.84 Å². The average Bonchev–Trinajstić information content (AvgIpc) is 2.69. The molecule has 0 unspecified atom stereocenters. The third-order valence-corrected chi connectivity index (χ3v) is 2.06. The van der Waals surface area contributed by atoms with Gasteiger partial charge in [0.05, 0.1) is 11.0 Å². The molecular weight excluding hydrogens is 190 g/mol. The van der Waals surface area contributed by atoms with Crippen molar-refractivity contribution in [2.24, 2.45) is 5.16 Å². The van der Waals surface area contributed by atoms with Gasteiger partial charge >= 0.3 is 0 Å². The van der Waals surface area contributed by atoms with Gasteiger partial charge in [0, 0.05) is 0 Å². The molecule has 0 radical (unpaired) electrons. The normalized spacial score (nSPS) is 12.0. The van der Waals surface area contributed by atoms with Gasteiger partial charge in [-0.25, -0.2) is 4.98 Å². The summed E-state index contributed by atoms with van der Waals surface area (Å²) in [5.74, 6) is 0.754. The minimum Gasteiger partial charge on any atom is -0.396 e. The Morgan fingerprint density at radius 2 is 2.27 bits per heavy atom. The van der Waals surface area contributed by atoms with Crippen molar-refractivity contribution in [1.29, 1.82) is 0 Å². The van der Waals surface area contributed by atoms with Gasteiger partial charge in [-0.15, -0.1) is 0 Å². The molecule has 1 heterocycles. The minimum absolute atomic E-state index is 0.567. The standard InChI is InChI=1S/C11H13N3O/c1-3-15-14-8(2)11-12-9-6-4-5-7-10(9)13-11/h4-7H,3H2,1-2H3,(H,12,13)/b14-8-. The fourth-order valence-corrected chi connectivity index (χ4v) is 1.33. The fraction of sp³-hybridized carbons (Fsp3) is 0.273. The number of H-pyrrole nitrogens is 1. The number of fused-ring (bicyclic) bond motifs is 1. The van der Waals surface area contributed by atoms with E-state index < -0.39 is 0 Å². The van der Waals surface area contributed by atoms with Crippen LogP contribution in [0, 0.1) is 0 Å². The molecule has 0 aliphatic carbocycles. The molecule has 1 aromatic heterocycles. The molecule has 0 aliphatic heterocycles. The van der Waals surface area contributed by atoms with E-state index in [2.05, 4.69) is 15.1 Å². The third-order valence-electron chi connectivity index (χ3n) is 2.06. The molecule has 1 aromatic carbocycles. The number of hydrogen-bond donors (Lipinski definition) is 1. The molecule has 0 saturated heterocycles. The summed E-state index contributed by atoms with van der Waals surface area (Å²) in [5, 5.41) is 3.93. The Kier molecular flexibility index (Phi) is 2.67. The van der Waals surface area contributed by atoms with E-state index in [9.17, 15) is 0 Å². The highest BCUT2D eigenvalue weighted by atomic mass is 16.6. The van der Waals surface area contributed by atoms with Gasteiger partial charge in [-0.05, 0) is 26.0 Å². The quantitative estimate of drug-likeness (QED) is 0.614. The van der Waals surface area contributed by atoms with E-state index in [1.807, 2.05) is 38.1 Å². The van der Waals surface area contributed by atoms with Gasteiger partial charge in [0.15, 0.2) is 5.82 Å². The molecule has 0 amide bonds. The number of nitrogens with one attached hydrogen (secondary N) is 1. The van der Waals surface area contributed by atoms with Crippen LogP contribution < -0.4 is 0 Å². The Morgan fingerprint density at radius 1 is 1.47 bits per heavy atom. The van der Waals surface area contributed by atoms with E-state index in [0.717, 1.165) is 22.6 Å². The molecule has 2 rings (SSSR count). The maximum Gasteiger partial charge on any atom is 0.156 e. The lowest BCUT2D eigenvalue weighted by molar-refractivity contribution is 0.158. The molecular formula is C11H13N3O. The summed E-state index contributed by atoms with van der Waals surface area (Å²) < 4.78 is 0. The fourth-order valence-electron chi connectivity index (χ4n) is 1.33. The van der Waals surface area contributed by atoms with Crippen molar-refractivity contribution in [3.8, 4) is 0 Å². The first-order chi connectivity index (χ1) is 7.31. The maximum absolute atomic E-state index is 4.97. The van der Waals surface area contributed by atoms with Gasteiger partial charge in [0.25, 0.3) is 0 Å². The highest BCUT2D eigenvalue weighted by Gasteiger charge is 2.04. The Hall–Kier alpha value is -1.84. The van der Waals surface area contributed by atoms with Crippen molar-refractivity contribution >= 4 is 16.7 Å². The second kappa shape index (κ2) is 4.13. The SMILES string of the molecule is CCO/N=C(/C)c1nc2ccccc2[nH]1. The van der Waals surface area contributed by atoms with Crippen LogP contribution in [0.3, 0.4) is 0 Å². The largest absolute Gasteiger partial charge is 0.396 e. The minimum atomic E-state index is 0.567. The van der Waals surface area contributed by atoms with E-state index in [-0.39, 0.29) is 0 Å². The van der Waals surface area contributed by atoms with Gasteiger partial charge < -0.3 is 9.82 Å². The van der Waals surface area contributed by atoms with Crippen LogP contribution in [0.2, 0.25) is 0 Å². The Labute approximate surface area is 88.0 Å². The van der Waals surface area contributed by atoms with Gasteiger partial charge in [-0.1, -0.05) is 17.3 Å². The van der Waals surface area contributed by atoms with Crippen molar-refractivity contribution in [3.63, 3.8) is 0 Å². The molecule has 4 nitrogen and oxygen atoms in total. The summed E-state index contributed by atoms with van der Waals surface area (Å²) in [6, 6.07) is 7.88. The average molecular weight is 203 g/mol. The summed E-state index contributed by atoms with van der Waals surface area (Å²) in [5.41, 5.74) is 2.71. The van der Waals surface area contributed by atoms with E-state index in [0.29, 0.717) is 6.61 Å². The van der Waals surface area contributed by atoms with Crippen LogP contribution in [0.5, 0.6) is 0 Å². The van der Waals surface area contributed by atoms with E-state index in [1.165, 1.54) is 0 Å². The van der Waals surface area contributed by atoms with Crippen molar-refractivity contribution < 1.29 is 4.84 Å². The third kappa shape index (κ3) is 1.98. The molecule has 78 valence electrons. The lowest BCUT2D eigenvalue weighted by Gasteiger charge is -1.94. The number of oxime groups is 1. The van der Waals surface area contributed by atoms with Gasteiger partial charge in [-0.3, -0.25) is 0 Å². The molecule has 15 heavy (non-hydrogen) atoms. The van der Waals surface area contributed by atoms with Crippen LogP contribution in [0.1, 0.15) is 19.7 Å². The zero-order valence-electron chi connectivity index (χ0n) is 8.82. The number of aromatic nitrogens is 2. The molecule has 1 N–H and O–H groups in total. The zero-order valence-corrected chi connectivity index (χ0v) is 8.82. The summed E-state index contributed by atoms with van der Waals surface area (Å²) in [6.45, 7) is 4.33. The van der Waals surface area contributed by atoms with Crippen molar-refractivity contribution in [2.45, 2.75) is 13.8 Å². The Balaban J connectivity index is 2.36. The Morgan fingerprint density at radius 3 is 3.00 bits per heavy atom. The van der Waals surface area contributed by atoms with Crippen LogP contribution in [0.25, 0.3) is 11.0 Å². The maximum atomic E-state index is 4.97. The van der Waals surface area contributed by atoms with Crippen molar-refractivity contribution in [2.75, 3.05) is 6.61 Å². The summed E-state index contributed by atoms with van der Waals surface area (Å²) in [4.78, 5) is 12.6. The van der Waals surface area contributed by atoms with Crippen LogP contribution >= 0.6 is 0 Å². The lowest BCUT2D eigenvalue weighted by Crippen LogP contribution is -1.98.